The molecule has 1 aliphatic rings. The first-order chi connectivity index (χ1) is 25.8. The molecular weight excluding hydrogens is 635 g/mol. The summed E-state index contributed by atoms with van der Waals surface area (Å²) in [5.41, 5.74) is 13.4. The van der Waals surface area contributed by atoms with E-state index in [0.717, 1.165) is 60.9 Å². The Morgan fingerprint density at radius 3 is 1.67 bits per heavy atom. The number of furan rings is 2. The summed E-state index contributed by atoms with van der Waals surface area (Å²) in [5, 5.41) is 4.34. The van der Waals surface area contributed by atoms with Crippen LogP contribution in [0.25, 0.3) is 55.0 Å². The summed E-state index contributed by atoms with van der Waals surface area (Å²) in [6.07, 6.45) is 0. The van der Waals surface area contributed by atoms with Gasteiger partial charge in [-0.3, -0.25) is 0 Å². The molecule has 0 N–H and O–H groups in total. The van der Waals surface area contributed by atoms with Gasteiger partial charge in [-0.15, -0.1) is 0 Å². The Hall–Kier alpha value is -6.84. The summed E-state index contributed by atoms with van der Waals surface area (Å²) < 4.78 is 13.5. The predicted octanol–water partition coefficient (Wildman–Crippen LogP) is 13.3. The number of nitrogens with zero attached hydrogens (tertiary/aromatic N) is 1. The minimum Gasteiger partial charge on any atom is -0.456 e. The molecule has 3 nitrogen and oxygen atoms in total. The maximum absolute atomic E-state index is 7.08. The lowest BCUT2D eigenvalue weighted by Gasteiger charge is -2.34. The second-order valence-electron chi connectivity index (χ2n) is 13.6. The van der Waals surface area contributed by atoms with Gasteiger partial charge < -0.3 is 13.7 Å². The average Bonchev–Trinajstić information content (AvgIpc) is 3.88. The molecule has 0 spiro atoms. The maximum Gasteiger partial charge on any atom is 0.159 e. The fraction of sp³-hybridized carbons (Fsp3) is 0.0204. The van der Waals surface area contributed by atoms with Gasteiger partial charge in [0.1, 0.15) is 16.7 Å². The highest BCUT2D eigenvalue weighted by Crippen LogP contribution is 2.58. The molecule has 0 amide bonds. The van der Waals surface area contributed by atoms with Gasteiger partial charge in [0.15, 0.2) is 5.58 Å². The van der Waals surface area contributed by atoms with Crippen LogP contribution in [0.5, 0.6) is 0 Å². The van der Waals surface area contributed by atoms with E-state index in [4.69, 9.17) is 8.83 Å². The van der Waals surface area contributed by atoms with Crippen LogP contribution in [0, 0.1) is 0 Å². The summed E-state index contributed by atoms with van der Waals surface area (Å²) in [6, 6.07) is 67.0. The molecule has 0 bridgehead atoms. The Bertz CT molecular complexity index is 2930. The lowest BCUT2D eigenvalue weighted by molar-refractivity contribution is 0.667. The molecule has 0 fully saturated rings. The van der Waals surface area contributed by atoms with Gasteiger partial charge in [-0.1, -0.05) is 146 Å². The Morgan fingerprint density at radius 1 is 0.365 bits per heavy atom. The van der Waals surface area contributed by atoms with E-state index in [1.165, 1.54) is 33.4 Å². The van der Waals surface area contributed by atoms with Gasteiger partial charge in [0.05, 0.1) is 22.2 Å². The van der Waals surface area contributed by atoms with Gasteiger partial charge in [-0.25, -0.2) is 0 Å². The number of para-hydroxylation sites is 3. The molecule has 11 rings (SSSR count). The molecule has 10 aromatic rings. The smallest absolute Gasteiger partial charge is 0.159 e. The third kappa shape index (κ3) is 3.91. The van der Waals surface area contributed by atoms with Crippen LogP contribution in [-0.2, 0) is 5.41 Å². The first-order valence-corrected chi connectivity index (χ1v) is 17.8. The monoisotopic (exact) mass is 665 g/mol. The minimum absolute atomic E-state index is 0.554. The molecule has 0 saturated carbocycles. The fourth-order valence-electron chi connectivity index (χ4n) is 8.93. The third-order valence-corrected chi connectivity index (χ3v) is 10.9. The van der Waals surface area contributed by atoms with Crippen molar-refractivity contribution in [3.8, 4) is 11.1 Å². The van der Waals surface area contributed by atoms with Crippen molar-refractivity contribution in [2.24, 2.45) is 0 Å². The van der Waals surface area contributed by atoms with E-state index in [2.05, 4.69) is 181 Å². The van der Waals surface area contributed by atoms with E-state index in [1.807, 2.05) is 12.1 Å². The van der Waals surface area contributed by atoms with Gasteiger partial charge in [0.2, 0.25) is 0 Å². The molecule has 244 valence electrons. The van der Waals surface area contributed by atoms with Crippen LogP contribution in [0.15, 0.2) is 197 Å². The number of anilines is 3. The molecule has 0 atom stereocenters. The molecule has 1 aliphatic carbocycles. The topological polar surface area (TPSA) is 29.5 Å². The van der Waals surface area contributed by atoms with Gasteiger partial charge in [-0.2, -0.15) is 0 Å². The van der Waals surface area contributed by atoms with Crippen molar-refractivity contribution in [2.75, 3.05) is 4.90 Å². The van der Waals surface area contributed by atoms with Crippen LogP contribution in [0.4, 0.5) is 17.1 Å². The first kappa shape index (κ1) is 28.9. The lowest BCUT2D eigenvalue weighted by Crippen LogP contribution is -2.28. The number of fused-ring (bicyclic) bond motifs is 9. The van der Waals surface area contributed by atoms with E-state index in [9.17, 15) is 0 Å². The summed E-state index contributed by atoms with van der Waals surface area (Å²) in [5.74, 6) is 0. The predicted molar refractivity (Wildman–Crippen MR) is 213 cm³/mol. The summed E-state index contributed by atoms with van der Waals surface area (Å²) in [4.78, 5) is 2.32. The largest absolute Gasteiger partial charge is 0.456 e. The summed E-state index contributed by atoms with van der Waals surface area (Å²) in [7, 11) is 0. The highest BCUT2D eigenvalue weighted by Gasteiger charge is 2.47. The summed E-state index contributed by atoms with van der Waals surface area (Å²) in [6.45, 7) is 0. The molecular formula is C49H31NO2. The fourth-order valence-corrected chi connectivity index (χ4v) is 8.93. The van der Waals surface area contributed by atoms with Crippen molar-refractivity contribution in [3.63, 3.8) is 0 Å². The maximum atomic E-state index is 7.08. The third-order valence-electron chi connectivity index (χ3n) is 10.9. The summed E-state index contributed by atoms with van der Waals surface area (Å²) >= 11 is 0. The van der Waals surface area contributed by atoms with Crippen molar-refractivity contribution < 1.29 is 8.83 Å². The lowest BCUT2D eigenvalue weighted by atomic mass is 9.66. The van der Waals surface area contributed by atoms with Crippen molar-refractivity contribution in [3.05, 3.63) is 210 Å². The van der Waals surface area contributed by atoms with Gasteiger partial charge in [0.25, 0.3) is 0 Å². The van der Waals surface area contributed by atoms with Crippen LogP contribution < -0.4 is 4.90 Å². The Balaban J connectivity index is 1.24. The SMILES string of the molecule is c1ccc(N(c2cccc3c2oc2cccc(C4(c5ccccc5)c5ccccc5-c5ccccc54)c23)c2cccc3oc4ccccc4c23)cc1. The molecule has 2 aromatic heterocycles. The van der Waals surface area contributed by atoms with Crippen LogP contribution >= 0.6 is 0 Å². The Kier molecular flexibility index (Phi) is 6.17. The molecule has 2 heterocycles. The molecule has 52 heavy (non-hydrogen) atoms. The Labute approximate surface area is 300 Å². The minimum atomic E-state index is -0.554. The molecule has 0 aliphatic heterocycles. The first-order valence-electron chi connectivity index (χ1n) is 17.8. The quantitative estimate of drug-likeness (QED) is 0.183. The highest BCUT2D eigenvalue weighted by atomic mass is 16.3. The molecule has 3 heteroatoms. The van der Waals surface area contributed by atoms with Gasteiger partial charge >= 0.3 is 0 Å². The van der Waals surface area contributed by atoms with Crippen molar-refractivity contribution in [1.82, 2.24) is 0 Å². The zero-order valence-corrected chi connectivity index (χ0v) is 28.2. The normalized spacial score (nSPS) is 13.2. The number of hydrogen-bond acceptors (Lipinski definition) is 3. The number of benzene rings is 8. The van der Waals surface area contributed by atoms with Crippen molar-refractivity contribution in [1.29, 1.82) is 0 Å². The van der Waals surface area contributed by atoms with E-state index in [-0.39, 0.29) is 0 Å². The van der Waals surface area contributed by atoms with Crippen LogP contribution in [0.3, 0.4) is 0 Å². The van der Waals surface area contributed by atoms with E-state index in [1.54, 1.807) is 0 Å². The Morgan fingerprint density at radius 2 is 0.904 bits per heavy atom. The van der Waals surface area contributed by atoms with Crippen molar-refractivity contribution >= 4 is 60.9 Å². The zero-order chi connectivity index (χ0) is 34.2. The second kappa shape index (κ2) is 11.1. The second-order valence-corrected chi connectivity index (χ2v) is 13.6. The van der Waals surface area contributed by atoms with E-state index < -0.39 is 5.41 Å². The standard InChI is InChI=1S/C49H31NO2/c1-3-16-32(17-4-1)49(38-24-10-7-20-34(38)35-21-8-11-25-39(35)49)40-26-14-30-44-46(40)37-23-13-28-42(48(37)52-44)50(33-18-5-2-6-19-33)41-27-15-31-45-47(41)36-22-9-12-29-43(36)51-45/h1-31H. The van der Waals surface area contributed by atoms with E-state index in [0.29, 0.717) is 0 Å². The van der Waals surface area contributed by atoms with Crippen LogP contribution in [0.1, 0.15) is 22.3 Å². The molecule has 0 saturated heterocycles. The van der Waals surface area contributed by atoms with E-state index >= 15 is 0 Å². The molecule has 0 unspecified atom stereocenters. The molecule has 0 radical (unpaired) electrons. The highest BCUT2D eigenvalue weighted by molar-refractivity contribution is 6.17. The average molecular weight is 666 g/mol. The van der Waals surface area contributed by atoms with Gasteiger partial charge in [-0.05, 0) is 75.8 Å². The van der Waals surface area contributed by atoms with Crippen molar-refractivity contribution in [2.45, 2.75) is 5.41 Å². The van der Waals surface area contributed by atoms with Gasteiger partial charge in [0, 0.05) is 21.8 Å². The molecule has 8 aromatic carbocycles. The van der Waals surface area contributed by atoms with Crippen LogP contribution in [0.2, 0.25) is 0 Å². The number of hydrogen-bond donors (Lipinski definition) is 0. The zero-order valence-electron chi connectivity index (χ0n) is 28.2. The van der Waals surface area contributed by atoms with Crippen LogP contribution in [-0.4, -0.2) is 0 Å². The number of rotatable bonds is 5.